The Kier molecular flexibility index (Phi) is 8.80. The number of rotatable bonds is 10. The number of hydrogen-bond acceptors (Lipinski definition) is 6. The third kappa shape index (κ3) is 7.95. The summed E-state index contributed by atoms with van der Waals surface area (Å²) in [6.45, 7) is 3.19. The molecule has 3 aromatic carbocycles. The molecule has 0 fully saturated rings. The molecule has 36 heavy (non-hydrogen) atoms. The van der Waals surface area contributed by atoms with Gasteiger partial charge in [-0.05, 0) is 67.4 Å². The molecule has 0 aliphatic rings. The van der Waals surface area contributed by atoms with Gasteiger partial charge in [-0.3, -0.25) is 13.9 Å². The molecule has 0 unspecified atom stereocenters. The van der Waals surface area contributed by atoms with Gasteiger partial charge in [0.1, 0.15) is 12.3 Å². The number of hydrazone groups is 1. The van der Waals surface area contributed by atoms with Crippen molar-refractivity contribution in [2.75, 3.05) is 29.0 Å². The minimum atomic E-state index is -3.67. The summed E-state index contributed by atoms with van der Waals surface area (Å²) in [5, 5.41) is 6.66. The minimum absolute atomic E-state index is 0.144. The number of carbonyl (C=O) groups is 2. The Balaban J connectivity index is 1.50. The van der Waals surface area contributed by atoms with Crippen molar-refractivity contribution in [1.82, 2.24) is 5.43 Å². The zero-order valence-corrected chi connectivity index (χ0v) is 21.1. The zero-order chi connectivity index (χ0) is 26.1. The highest BCUT2D eigenvalue weighted by atomic mass is 32.2. The number of hydrogen-bond donors (Lipinski definition) is 2. The van der Waals surface area contributed by atoms with E-state index in [0.29, 0.717) is 22.7 Å². The molecule has 0 heterocycles. The van der Waals surface area contributed by atoms with Crippen LogP contribution in [0.3, 0.4) is 0 Å². The summed E-state index contributed by atoms with van der Waals surface area (Å²) in [6, 6.07) is 21.1. The smallest absolute Gasteiger partial charge is 0.262 e. The van der Waals surface area contributed by atoms with Crippen molar-refractivity contribution in [2.24, 2.45) is 5.10 Å². The fourth-order valence-electron chi connectivity index (χ4n) is 3.20. The monoisotopic (exact) mass is 508 g/mol. The molecular weight excluding hydrogens is 480 g/mol. The van der Waals surface area contributed by atoms with E-state index in [1.54, 1.807) is 55.5 Å². The molecule has 0 aromatic heterocycles. The Labute approximate surface area is 210 Å². The van der Waals surface area contributed by atoms with E-state index in [4.69, 9.17) is 4.74 Å². The van der Waals surface area contributed by atoms with E-state index in [1.165, 1.54) is 6.21 Å². The van der Waals surface area contributed by atoms with Gasteiger partial charge in [0.15, 0.2) is 6.61 Å². The number of carbonyl (C=O) groups excluding carboxylic acids is 2. The number of para-hydroxylation sites is 1. The molecule has 3 rings (SSSR count). The van der Waals surface area contributed by atoms with Crippen molar-refractivity contribution < 1.29 is 22.7 Å². The predicted molar refractivity (Wildman–Crippen MR) is 141 cm³/mol. The first-order valence-electron chi connectivity index (χ1n) is 11.1. The van der Waals surface area contributed by atoms with Gasteiger partial charge in [-0.25, -0.2) is 13.8 Å². The molecule has 0 radical (unpaired) electrons. The summed E-state index contributed by atoms with van der Waals surface area (Å²) in [5.74, 6) is -0.363. The summed E-state index contributed by atoms with van der Waals surface area (Å²) in [6.07, 6.45) is 2.47. The Morgan fingerprint density at radius 2 is 1.61 bits per heavy atom. The average Bonchev–Trinajstić information content (AvgIpc) is 2.83. The molecule has 2 amide bonds. The van der Waals surface area contributed by atoms with E-state index < -0.39 is 22.5 Å². The number of nitrogens with one attached hydrogen (secondary N) is 2. The summed E-state index contributed by atoms with van der Waals surface area (Å²) in [4.78, 5) is 24.4. The van der Waals surface area contributed by atoms with Crippen molar-refractivity contribution in [3.63, 3.8) is 0 Å². The van der Waals surface area contributed by atoms with Crippen LogP contribution in [-0.2, 0) is 19.6 Å². The zero-order valence-electron chi connectivity index (χ0n) is 20.3. The van der Waals surface area contributed by atoms with Gasteiger partial charge in [0.25, 0.3) is 11.8 Å². The lowest BCUT2D eigenvalue weighted by atomic mass is 10.2. The van der Waals surface area contributed by atoms with Crippen molar-refractivity contribution >= 4 is 39.4 Å². The first kappa shape index (κ1) is 26.4. The maximum Gasteiger partial charge on any atom is 0.262 e. The van der Waals surface area contributed by atoms with E-state index in [9.17, 15) is 18.0 Å². The van der Waals surface area contributed by atoms with Crippen LogP contribution < -0.4 is 19.8 Å². The first-order valence-corrected chi connectivity index (χ1v) is 12.9. The summed E-state index contributed by atoms with van der Waals surface area (Å²) in [5.41, 5.74) is 5.98. The van der Waals surface area contributed by atoms with Crippen LogP contribution >= 0.6 is 0 Å². The van der Waals surface area contributed by atoms with Gasteiger partial charge >= 0.3 is 0 Å². The normalized spacial score (nSPS) is 11.2. The molecule has 188 valence electrons. The summed E-state index contributed by atoms with van der Waals surface area (Å²) < 4.78 is 31.0. The number of ether oxygens (including phenoxy) is 1. The molecule has 3 aromatic rings. The number of amides is 2. The van der Waals surface area contributed by atoms with Gasteiger partial charge in [0, 0.05) is 5.69 Å². The van der Waals surface area contributed by atoms with Gasteiger partial charge in [0.2, 0.25) is 10.0 Å². The molecule has 0 spiro atoms. The largest absolute Gasteiger partial charge is 0.484 e. The Morgan fingerprint density at radius 1 is 0.944 bits per heavy atom. The third-order valence-corrected chi connectivity index (χ3v) is 6.19. The molecular formula is C26H28N4O5S. The van der Waals surface area contributed by atoms with Crippen molar-refractivity contribution in [2.45, 2.75) is 13.8 Å². The fraction of sp³-hybridized carbons (Fsp3) is 0.192. The Hall–Kier alpha value is -4.18. The van der Waals surface area contributed by atoms with Crippen LogP contribution in [0.1, 0.15) is 16.7 Å². The van der Waals surface area contributed by atoms with E-state index in [-0.39, 0.29) is 12.5 Å². The van der Waals surface area contributed by atoms with Crippen LogP contribution in [0.2, 0.25) is 0 Å². The SMILES string of the molecule is Cc1ccc(NC(=O)COc2ccc(/C=N\NC(=O)CN(c3ccccc3C)S(C)(=O)=O)cc2)cc1. The second-order valence-corrected chi connectivity index (χ2v) is 10.0. The van der Waals surface area contributed by atoms with Crippen molar-refractivity contribution in [1.29, 1.82) is 0 Å². The number of nitrogens with zero attached hydrogens (tertiary/aromatic N) is 2. The van der Waals surface area contributed by atoms with Crippen molar-refractivity contribution in [3.8, 4) is 5.75 Å². The number of benzene rings is 3. The van der Waals surface area contributed by atoms with Crippen LogP contribution in [0.4, 0.5) is 11.4 Å². The van der Waals surface area contributed by atoms with Crippen LogP contribution in [0.15, 0.2) is 77.9 Å². The fourth-order valence-corrected chi connectivity index (χ4v) is 4.12. The lowest BCUT2D eigenvalue weighted by molar-refractivity contribution is -0.119. The molecule has 0 aliphatic heterocycles. The number of anilines is 2. The Morgan fingerprint density at radius 3 is 2.25 bits per heavy atom. The number of sulfonamides is 1. The first-order chi connectivity index (χ1) is 17.1. The lowest BCUT2D eigenvalue weighted by Gasteiger charge is -2.23. The molecule has 0 saturated heterocycles. The maximum absolute atomic E-state index is 12.3. The van der Waals surface area contributed by atoms with Crippen LogP contribution in [0.25, 0.3) is 0 Å². The second kappa shape index (κ2) is 12.0. The van der Waals surface area contributed by atoms with E-state index >= 15 is 0 Å². The molecule has 0 atom stereocenters. The topological polar surface area (TPSA) is 117 Å². The maximum atomic E-state index is 12.3. The van der Waals surface area contributed by atoms with Crippen LogP contribution in [0.5, 0.6) is 5.75 Å². The molecule has 0 bridgehead atoms. The summed E-state index contributed by atoms with van der Waals surface area (Å²) in [7, 11) is -3.67. The van der Waals surface area contributed by atoms with Gasteiger partial charge in [-0.1, -0.05) is 35.9 Å². The quantitative estimate of drug-likeness (QED) is 0.322. The second-order valence-electron chi connectivity index (χ2n) is 8.12. The summed E-state index contributed by atoms with van der Waals surface area (Å²) >= 11 is 0. The molecule has 10 heteroatoms. The van der Waals surface area contributed by atoms with Crippen molar-refractivity contribution in [3.05, 3.63) is 89.5 Å². The van der Waals surface area contributed by atoms with Gasteiger partial charge < -0.3 is 10.1 Å². The number of aryl methyl sites for hydroxylation is 2. The average molecular weight is 509 g/mol. The molecule has 0 aliphatic carbocycles. The highest BCUT2D eigenvalue weighted by Gasteiger charge is 2.21. The highest BCUT2D eigenvalue weighted by Crippen LogP contribution is 2.21. The van der Waals surface area contributed by atoms with Gasteiger partial charge in [-0.15, -0.1) is 0 Å². The molecule has 9 nitrogen and oxygen atoms in total. The van der Waals surface area contributed by atoms with Gasteiger partial charge in [-0.2, -0.15) is 5.10 Å². The van der Waals surface area contributed by atoms with E-state index in [2.05, 4.69) is 15.8 Å². The van der Waals surface area contributed by atoms with E-state index in [0.717, 1.165) is 21.7 Å². The van der Waals surface area contributed by atoms with Crippen LogP contribution in [-0.4, -0.2) is 45.9 Å². The molecule has 0 saturated carbocycles. The standard InChI is InChI=1S/C26H28N4O5S/c1-19-8-12-22(13-9-19)28-26(32)18-35-23-14-10-21(11-15-23)16-27-29-25(31)17-30(36(3,33)34)24-7-5-4-6-20(24)2/h4-16H,17-18H2,1-3H3,(H,28,32)(H,29,31)/b27-16-. The lowest BCUT2D eigenvalue weighted by Crippen LogP contribution is -2.39. The molecule has 2 N–H and O–H groups in total. The highest BCUT2D eigenvalue weighted by molar-refractivity contribution is 7.92. The Bertz CT molecular complexity index is 1340. The van der Waals surface area contributed by atoms with E-state index in [1.807, 2.05) is 31.2 Å². The predicted octanol–water partition coefficient (Wildman–Crippen LogP) is 3.24. The third-order valence-electron chi connectivity index (χ3n) is 5.06. The van der Waals surface area contributed by atoms with Gasteiger partial charge in [0.05, 0.1) is 18.2 Å². The minimum Gasteiger partial charge on any atom is -0.484 e. The van der Waals surface area contributed by atoms with Crippen LogP contribution in [0, 0.1) is 13.8 Å².